The standard InChI is InChI=1S/C13H4Br2F4O6S/c14-3-1-4(10(20)5(15)2-3)13(21)25-11-6(16)8(18)12(26(22,23)24)9(19)7(11)17/h1-2,20H,(H,22,23,24). The van der Waals surface area contributed by atoms with Crippen molar-refractivity contribution in [3.05, 3.63) is 49.9 Å². The highest BCUT2D eigenvalue weighted by Crippen LogP contribution is 2.35. The van der Waals surface area contributed by atoms with E-state index in [0.29, 0.717) is 0 Å². The zero-order valence-corrected chi connectivity index (χ0v) is 15.8. The number of halogens is 6. The van der Waals surface area contributed by atoms with Crippen molar-refractivity contribution >= 4 is 47.9 Å². The molecule has 0 aromatic heterocycles. The number of hydrogen-bond donors (Lipinski definition) is 2. The summed E-state index contributed by atoms with van der Waals surface area (Å²) in [6.07, 6.45) is 0. The third kappa shape index (κ3) is 3.70. The molecule has 0 aliphatic carbocycles. The summed E-state index contributed by atoms with van der Waals surface area (Å²) in [5.74, 6) is -13.9. The molecule has 0 spiro atoms. The van der Waals surface area contributed by atoms with Crippen LogP contribution in [0.3, 0.4) is 0 Å². The molecule has 0 bridgehead atoms. The molecule has 0 amide bonds. The fraction of sp³-hybridized carbons (Fsp3) is 0. The number of hydrogen-bond acceptors (Lipinski definition) is 5. The van der Waals surface area contributed by atoms with Gasteiger partial charge in [-0.2, -0.15) is 17.2 Å². The van der Waals surface area contributed by atoms with E-state index in [1.54, 1.807) is 0 Å². The van der Waals surface area contributed by atoms with E-state index in [-0.39, 0.29) is 8.95 Å². The Balaban J connectivity index is 2.60. The quantitative estimate of drug-likeness (QED) is 0.208. The summed E-state index contributed by atoms with van der Waals surface area (Å²) in [4.78, 5) is 9.70. The van der Waals surface area contributed by atoms with Gasteiger partial charge in [-0.1, -0.05) is 15.9 Å². The molecule has 13 heteroatoms. The van der Waals surface area contributed by atoms with Gasteiger partial charge in [-0.15, -0.1) is 0 Å². The van der Waals surface area contributed by atoms with Crippen LogP contribution in [0.4, 0.5) is 17.6 Å². The molecule has 0 radical (unpaired) electrons. The van der Waals surface area contributed by atoms with Crippen LogP contribution in [0.25, 0.3) is 0 Å². The summed E-state index contributed by atoms with van der Waals surface area (Å²) < 4.78 is 89.9. The molecule has 0 heterocycles. The third-order valence-electron chi connectivity index (χ3n) is 2.88. The van der Waals surface area contributed by atoms with Crippen LogP contribution >= 0.6 is 31.9 Å². The SMILES string of the molecule is O=C(Oc1c(F)c(F)c(S(=O)(=O)O)c(F)c1F)c1cc(Br)cc(Br)c1O. The van der Waals surface area contributed by atoms with E-state index in [2.05, 4.69) is 36.6 Å². The molecule has 140 valence electrons. The van der Waals surface area contributed by atoms with Gasteiger partial charge in [0, 0.05) is 4.47 Å². The first-order valence-electron chi connectivity index (χ1n) is 6.09. The Morgan fingerprint density at radius 2 is 1.50 bits per heavy atom. The molecular weight excluding hydrogens is 520 g/mol. The first-order valence-corrected chi connectivity index (χ1v) is 9.12. The third-order valence-corrected chi connectivity index (χ3v) is 4.82. The predicted octanol–water partition coefficient (Wildman–Crippen LogP) is 3.94. The lowest BCUT2D eigenvalue weighted by molar-refractivity contribution is 0.0713. The first-order chi connectivity index (χ1) is 11.9. The van der Waals surface area contributed by atoms with Gasteiger partial charge in [-0.3, -0.25) is 4.55 Å². The van der Waals surface area contributed by atoms with Gasteiger partial charge >= 0.3 is 16.1 Å². The van der Waals surface area contributed by atoms with Gasteiger partial charge in [0.05, 0.1) is 4.47 Å². The lowest BCUT2D eigenvalue weighted by atomic mass is 10.2. The second-order valence-corrected chi connectivity index (χ2v) is 7.69. The van der Waals surface area contributed by atoms with Crippen LogP contribution in [0.15, 0.2) is 26.0 Å². The Kier molecular flexibility index (Phi) is 5.66. The minimum Gasteiger partial charge on any atom is -0.506 e. The van der Waals surface area contributed by atoms with Gasteiger partial charge in [0.2, 0.25) is 17.4 Å². The average Bonchev–Trinajstić information content (AvgIpc) is 2.51. The number of rotatable bonds is 3. The van der Waals surface area contributed by atoms with E-state index < -0.39 is 61.3 Å². The number of phenolic OH excluding ortho intramolecular Hbond substituents is 1. The predicted molar refractivity (Wildman–Crippen MR) is 84.6 cm³/mol. The van der Waals surface area contributed by atoms with Gasteiger partial charge < -0.3 is 9.84 Å². The molecule has 0 unspecified atom stereocenters. The van der Waals surface area contributed by atoms with Crippen molar-refractivity contribution in [3.8, 4) is 11.5 Å². The molecule has 0 fully saturated rings. The molecule has 0 aliphatic heterocycles. The number of benzene rings is 2. The number of carbonyl (C=O) groups excluding carboxylic acids is 1. The topological polar surface area (TPSA) is 101 Å². The fourth-order valence-corrected chi connectivity index (χ4v) is 3.63. The van der Waals surface area contributed by atoms with Gasteiger partial charge in [-0.05, 0) is 28.1 Å². The molecule has 0 saturated heterocycles. The monoisotopic (exact) mass is 522 g/mol. The van der Waals surface area contributed by atoms with Crippen LogP contribution < -0.4 is 4.74 Å². The zero-order chi connectivity index (χ0) is 20.0. The fourth-order valence-electron chi connectivity index (χ4n) is 1.78. The van der Waals surface area contributed by atoms with E-state index in [9.17, 15) is 35.9 Å². The highest BCUT2D eigenvalue weighted by Gasteiger charge is 2.34. The number of esters is 1. The Morgan fingerprint density at radius 3 is 1.96 bits per heavy atom. The minimum atomic E-state index is -5.65. The number of carbonyl (C=O) groups is 1. The van der Waals surface area contributed by atoms with Gasteiger partial charge in [0.25, 0.3) is 0 Å². The maximum atomic E-state index is 13.9. The summed E-state index contributed by atoms with van der Waals surface area (Å²) in [5.41, 5.74) is -0.635. The summed E-state index contributed by atoms with van der Waals surface area (Å²) in [6, 6.07) is 2.30. The molecule has 2 aromatic carbocycles. The molecule has 26 heavy (non-hydrogen) atoms. The Morgan fingerprint density at radius 1 is 1.00 bits per heavy atom. The van der Waals surface area contributed by atoms with E-state index in [1.807, 2.05) is 0 Å². The molecule has 0 atom stereocenters. The maximum Gasteiger partial charge on any atom is 0.347 e. The van der Waals surface area contributed by atoms with Crippen molar-refractivity contribution in [2.45, 2.75) is 4.90 Å². The highest BCUT2D eigenvalue weighted by molar-refractivity contribution is 9.11. The lowest BCUT2D eigenvalue weighted by Crippen LogP contribution is -2.16. The number of ether oxygens (including phenoxy) is 1. The largest absolute Gasteiger partial charge is 0.506 e. The van der Waals surface area contributed by atoms with Crippen molar-refractivity contribution in [2.24, 2.45) is 0 Å². The average molecular weight is 524 g/mol. The number of phenols is 1. The second-order valence-electron chi connectivity index (χ2n) is 4.56. The van der Waals surface area contributed by atoms with E-state index in [4.69, 9.17) is 4.55 Å². The molecular formula is C13H4Br2F4O6S. The van der Waals surface area contributed by atoms with Crippen LogP contribution in [-0.2, 0) is 10.1 Å². The molecule has 2 rings (SSSR count). The Hall–Kier alpha value is -1.70. The van der Waals surface area contributed by atoms with E-state index in [1.165, 1.54) is 6.07 Å². The summed E-state index contributed by atoms with van der Waals surface area (Å²) in [6.45, 7) is 0. The van der Waals surface area contributed by atoms with E-state index in [0.717, 1.165) is 6.07 Å². The van der Waals surface area contributed by atoms with E-state index >= 15 is 0 Å². The van der Waals surface area contributed by atoms with Crippen molar-refractivity contribution in [1.82, 2.24) is 0 Å². The molecule has 0 aliphatic rings. The summed E-state index contributed by atoms with van der Waals surface area (Å²) in [5, 5.41) is 9.75. The minimum absolute atomic E-state index is 0.0150. The van der Waals surface area contributed by atoms with Crippen LogP contribution in [0, 0.1) is 23.3 Å². The van der Waals surface area contributed by atoms with Crippen LogP contribution in [-0.4, -0.2) is 24.0 Å². The van der Waals surface area contributed by atoms with Crippen LogP contribution in [0.2, 0.25) is 0 Å². The Bertz CT molecular complexity index is 1010. The number of aromatic hydroxyl groups is 1. The molecule has 2 N–H and O–H groups in total. The highest BCUT2D eigenvalue weighted by atomic mass is 79.9. The second kappa shape index (κ2) is 7.13. The summed E-state index contributed by atoms with van der Waals surface area (Å²) in [7, 11) is -5.65. The first kappa shape index (κ1) is 20.6. The van der Waals surface area contributed by atoms with Gasteiger partial charge in [-0.25, -0.2) is 13.6 Å². The van der Waals surface area contributed by atoms with Crippen LogP contribution in [0.5, 0.6) is 11.5 Å². The van der Waals surface area contributed by atoms with Gasteiger partial charge in [0.1, 0.15) is 11.3 Å². The smallest absolute Gasteiger partial charge is 0.347 e. The van der Waals surface area contributed by atoms with Crippen LogP contribution in [0.1, 0.15) is 10.4 Å². The maximum absolute atomic E-state index is 13.9. The summed E-state index contributed by atoms with van der Waals surface area (Å²) >= 11 is 5.86. The van der Waals surface area contributed by atoms with Crippen molar-refractivity contribution < 1.29 is 45.2 Å². The van der Waals surface area contributed by atoms with Crippen molar-refractivity contribution in [3.63, 3.8) is 0 Å². The van der Waals surface area contributed by atoms with Crippen molar-refractivity contribution in [1.29, 1.82) is 0 Å². The molecule has 6 nitrogen and oxygen atoms in total. The molecule has 2 aromatic rings. The van der Waals surface area contributed by atoms with Gasteiger partial charge in [0.15, 0.2) is 16.5 Å². The Labute approximate surface area is 159 Å². The zero-order valence-electron chi connectivity index (χ0n) is 11.9. The normalized spacial score (nSPS) is 11.5. The van der Waals surface area contributed by atoms with Crippen molar-refractivity contribution in [2.75, 3.05) is 0 Å². The lowest BCUT2D eigenvalue weighted by Gasteiger charge is -2.11. The molecule has 0 saturated carbocycles.